The first-order valence-corrected chi connectivity index (χ1v) is 9.76. The van der Waals surface area contributed by atoms with Gasteiger partial charge in [-0.25, -0.2) is 4.99 Å². The van der Waals surface area contributed by atoms with Crippen LogP contribution in [-0.2, 0) is 0 Å². The minimum absolute atomic E-state index is 0.641. The third-order valence-electron chi connectivity index (χ3n) is 4.54. The Morgan fingerprint density at radius 3 is 1.93 bits per heavy atom. The van der Waals surface area contributed by atoms with E-state index in [1.165, 1.54) is 0 Å². The number of rotatable bonds is 6. The number of hydrazone groups is 1. The molecule has 1 N–H and O–H groups in total. The van der Waals surface area contributed by atoms with Gasteiger partial charge in [0.05, 0.1) is 24.6 Å². The van der Waals surface area contributed by atoms with Gasteiger partial charge in [0.25, 0.3) is 0 Å². The molecular formula is C24H23N3O2. The molecule has 0 spiro atoms. The standard InChI is InChI=1S/C24H23N3O2/c1-3-28-19-13-9-17(10-14-19)23-21-7-5-6-8-22(21)25-24(27-26-23)18-11-15-20(16-12-18)29-4-2/h5-16H,3-4H2,1-2H3,(H,25,27). The van der Waals surface area contributed by atoms with Crippen LogP contribution in [0.15, 0.2) is 82.9 Å². The van der Waals surface area contributed by atoms with E-state index in [1.807, 2.05) is 86.6 Å². The van der Waals surface area contributed by atoms with Gasteiger partial charge < -0.3 is 9.47 Å². The maximum absolute atomic E-state index is 5.56. The zero-order valence-electron chi connectivity index (χ0n) is 16.6. The van der Waals surface area contributed by atoms with Crippen LogP contribution in [-0.4, -0.2) is 24.8 Å². The molecule has 0 atom stereocenters. The first-order valence-electron chi connectivity index (χ1n) is 9.76. The summed E-state index contributed by atoms with van der Waals surface area (Å²) >= 11 is 0. The van der Waals surface area contributed by atoms with Crippen LogP contribution in [0.4, 0.5) is 5.69 Å². The average molecular weight is 385 g/mol. The number of fused-ring (bicyclic) bond motifs is 1. The summed E-state index contributed by atoms with van der Waals surface area (Å²) in [5, 5.41) is 4.69. The van der Waals surface area contributed by atoms with Gasteiger partial charge in [-0.15, -0.1) is 0 Å². The van der Waals surface area contributed by atoms with Crippen molar-refractivity contribution in [3.8, 4) is 11.5 Å². The summed E-state index contributed by atoms with van der Waals surface area (Å²) in [7, 11) is 0. The molecule has 146 valence electrons. The topological polar surface area (TPSA) is 55.2 Å². The molecule has 1 heterocycles. The molecule has 29 heavy (non-hydrogen) atoms. The molecule has 0 fully saturated rings. The summed E-state index contributed by atoms with van der Waals surface area (Å²) in [5.74, 6) is 2.38. The molecule has 0 bridgehead atoms. The largest absolute Gasteiger partial charge is 0.494 e. The van der Waals surface area contributed by atoms with Crippen LogP contribution in [0.25, 0.3) is 0 Å². The Morgan fingerprint density at radius 1 is 0.724 bits per heavy atom. The van der Waals surface area contributed by atoms with Gasteiger partial charge in [0, 0.05) is 16.7 Å². The number of aliphatic imine (C=N–C) groups is 1. The second-order valence-electron chi connectivity index (χ2n) is 6.46. The van der Waals surface area contributed by atoms with E-state index in [0.29, 0.717) is 19.0 Å². The Balaban J connectivity index is 1.70. The van der Waals surface area contributed by atoms with Gasteiger partial charge in [-0.3, -0.25) is 5.43 Å². The third-order valence-corrected chi connectivity index (χ3v) is 4.54. The van der Waals surface area contributed by atoms with Crippen molar-refractivity contribution in [2.45, 2.75) is 13.8 Å². The number of hydrogen-bond acceptors (Lipinski definition) is 5. The van der Waals surface area contributed by atoms with E-state index in [4.69, 9.17) is 19.6 Å². The highest BCUT2D eigenvalue weighted by Gasteiger charge is 2.17. The molecule has 5 heteroatoms. The first kappa shape index (κ1) is 18.7. The van der Waals surface area contributed by atoms with Crippen molar-refractivity contribution in [3.05, 3.63) is 89.5 Å². The van der Waals surface area contributed by atoms with Gasteiger partial charge in [0.15, 0.2) is 5.84 Å². The summed E-state index contributed by atoms with van der Waals surface area (Å²) < 4.78 is 11.1. The van der Waals surface area contributed by atoms with Crippen molar-refractivity contribution in [1.82, 2.24) is 5.43 Å². The van der Waals surface area contributed by atoms with E-state index in [1.54, 1.807) is 0 Å². The average Bonchev–Trinajstić information content (AvgIpc) is 2.95. The van der Waals surface area contributed by atoms with Gasteiger partial charge in [-0.2, -0.15) is 5.10 Å². The van der Waals surface area contributed by atoms with Crippen LogP contribution in [0.3, 0.4) is 0 Å². The van der Waals surface area contributed by atoms with Gasteiger partial charge >= 0.3 is 0 Å². The van der Waals surface area contributed by atoms with Crippen molar-refractivity contribution < 1.29 is 9.47 Å². The minimum Gasteiger partial charge on any atom is -0.494 e. The Bertz CT molecular complexity index is 1040. The van der Waals surface area contributed by atoms with Gasteiger partial charge in [-0.05, 0) is 68.4 Å². The van der Waals surface area contributed by atoms with Crippen molar-refractivity contribution in [3.63, 3.8) is 0 Å². The summed E-state index contributed by atoms with van der Waals surface area (Å²) in [4.78, 5) is 4.83. The summed E-state index contributed by atoms with van der Waals surface area (Å²) in [5.41, 5.74) is 7.78. The number of para-hydroxylation sites is 1. The summed E-state index contributed by atoms with van der Waals surface area (Å²) in [6.07, 6.45) is 0. The predicted molar refractivity (Wildman–Crippen MR) is 117 cm³/mol. The fourth-order valence-corrected chi connectivity index (χ4v) is 3.19. The molecule has 0 radical (unpaired) electrons. The molecule has 4 rings (SSSR count). The van der Waals surface area contributed by atoms with Crippen molar-refractivity contribution in [1.29, 1.82) is 0 Å². The molecule has 1 aliphatic rings. The SMILES string of the molecule is CCOc1ccc(C2=Nc3ccccc3C(c3ccc(OCC)cc3)=NN2)cc1. The van der Waals surface area contributed by atoms with Crippen LogP contribution in [0.2, 0.25) is 0 Å². The fraction of sp³-hybridized carbons (Fsp3) is 0.167. The van der Waals surface area contributed by atoms with Crippen LogP contribution >= 0.6 is 0 Å². The molecule has 0 amide bonds. The Kier molecular flexibility index (Phi) is 5.56. The highest BCUT2D eigenvalue weighted by Crippen LogP contribution is 2.26. The van der Waals surface area contributed by atoms with E-state index >= 15 is 0 Å². The summed E-state index contributed by atoms with van der Waals surface area (Å²) in [6, 6.07) is 23.8. The van der Waals surface area contributed by atoms with Crippen LogP contribution in [0.1, 0.15) is 30.5 Å². The number of nitrogens with zero attached hydrogens (tertiary/aromatic N) is 2. The molecule has 3 aromatic rings. The quantitative estimate of drug-likeness (QED) is 0.655. The van der Waals surface area contributed by atoms with Crippen molar-refractivity contribution in [2.24, 2.45) is 10.1 Å². The normalized spacial score (nSPS) is 12.8. The van der Waals surface area contributed by atoms with E-state index in [-0.39, 0.29) is 0 Å². The molecular weight excluding hydrogens is 362 g/mol. The van der Waals surface area contributed by atoms with E-state index in [0.717, 1.165) is 39.6 Å². The third kappa shape index (κ3) is 4.14. The lowest BCUT2D eigenvalue weighted by Crippen LogP contribution is -2.19. The molecule has 3 aromatic carbocycles. The van der Waals surface area contributed by atoms with E-state index < -0.39 is 0 Å². The highest BCUT2D eigenvalue weighted by molar-refractivity contribution is 6.18. The Labute approximate surface area is 170 Å². The minimum atomic E-state index is 0.641. The molecule has 1 aliphatic heterocycles. The molecule has 5 nitrogen and oxygen atoms in total. The first-order chi connectivity index (χ1) is 14.3. The van der Waals surface area contributed by atoms with E-state index in [9.17, 15) is 0 Å². The lowest BCUT2D eigenvalue weighted by Gasteiger charge is -2.09. The maximum atomic E-state index is 5.56. The second kappa shape index (κ2) is 8.61. The summed E-state index contributed by atoms with van der Waals surface area (Å²) in [6.45, 7) is 5.23. The number of benzene rings is 3. The Morgan fingerprint density at radius 2 is 1.31 bits per heavy atom. The predicted octanol–water partition coefficient (Wildman–Crippen LogP) is 4.92. The zero-order valence-corrected chi connectivity index (χ0v) is 16.6. The molecule has 0 saturated carbocycles. The monoisotopic (exact) mass is 385 g/mol. The second-order valence-corrected chi connectivity index (χ2v) is 6.46. The maximum Gasteiger partial charge on any atom is 0.154 e. The molecule has 0 aliphatic carbocycles. The highest BCUT2D eigenvalue weighted by atomic mass is 16.5. The smallest absolute Gasteiger partial charge is 0.154 e. The zero-order chi connectivity index (χ0) is 20.1. The number of nitrogens with one attached hydrogen (secondary N) is 1. The molecule has 0 saturated heterocycles. The van der Waals surface area contributed by atoms with Crippen molar-refractivity contribution in [2.75, 3.05) is 13.2 Å². The van der Waals surface area contributed by atoms with Crippen LogP contribution in [0, 0.1) is 0 Å². The Hall–Kier alpha value is -3.60. The molecule has 0 aromatic heterocycles. The van der Waals surface area contributed by atoms with Gasteiger partial charge in [-0.1, -0.05) is 18.2 Å². The van der Waals surface area contributed by atoms with Crippen molar-refractivity contribution >= 4 is 17.2 Å². The lowest BCUT2D eigenvalue weighted by atomic mass is 10.0. The fourth-order valence-electron chi connectivity index (χ4n) is 3.19. The van der Waals surface area contributed by atoms with Crippen LogP contribution < -0.4 is 14.9 Å². The number of amidine groups is 1. The molecule has 0 unspecified atom stereocenters. The van der Waals surface area contributed by atoms with Crippen LogP contribution in [0.5, 0.6) is 11.5 Å². The van der Waals surface area contributed by atoms with E-state index in [2.05, 4.69) is 5.43 Å². The van der Waals surface area contributed by atoms with Gasteiger partial charge in [0.2, 0.25) is 0 Å². The van der Waals surface area contributed by atoms with Gasteiger partial charge in [0.1, 0.15) is 11.5 Å². The lowest BCUT2D eigenvalue weighted by molar-refractivity contribution is 0.340. The number of ether oxygens (including phenoxy) is 2. The number of hydrogen-bond donors (Lipinski definition) is 1.